The van der Waals surface area contributed by atoms with Gasteiger partial charge in [-0.15, -0.1) is 0 Å². The van der Waals surface area contributed by atoms with Crippen molar-refractivity contribution in [1.29, 1.82) is 0 Å². The van der Waals surface area contributed by atoms with Gasteiger partial charge < -0.3 is 21.9 Å². The van der Waals surface area contributed by atoms with Crippen LogP contribution in [0.4, 0.5) is 0 Å². The standard InChI is InChI=1S/C7H15N3O3/c1-4(8)6(9)7(13)10-3-2-5(11)12/h4,6H,2-3,8-9H2,1H3,(H,10,13)(H,11,12)/t4-,6-/m0/s1. The van der Waals surface area contributed by atoms with Crippen molar-refractivity contribution in [2.75, 3.05) is 6.54 Å². The van der Waals surface area contributed by atoms with Gasteiger partial charge in [0.05, 0.1) is 12.5 Å². The van der Waals surface area contributed by atoms with E-state index in [1.165, 1.54) is 0 Å². The first-order valence-corrected chi connectivity index (χ1v) is 3.95. The highest BCUT2D eigenvalue weighted by molar-refractivity contribution is 5.82. The molecule has 0 bridgehead atoms. The Morgan fingerprint density at radius 1 is 1.46 bits per heavy atom. The average molecular weight is 189 g/mol. The van der Waals surface area contributed by atoms with Crippen LogP contribution in [0.2, 0.25) is 0 Å². The van der Waals surface area contributed by atoms with Crippen molar-refractivity contribution in [3.63, 3.8) is 0 Å². The normalized spacial score (nSPS) is 14.7. The Hall–Kier alpha value is -1.14. The summed E-state index contributed by atoms with van der Waals surface area (Å²) in [4.78, 5) is 21.1. The van der Waals surface area contributed by atoms with E-state index >= 15 is 0 Å². The molecule has 0 aliphatic heterocycles. The fourth-order valence-electron chi connectivity index (χ4n) is 0.649. The highest BCUT2D eigenvalue weighted by Gasteiger charge is 2.16. The number of hydrogen-bond donors (Lipinski definition) is 4. The predicted molar refractivity (Wildman–Crippen MR) is 46.9 cm³/mol. The maximum Gasteiger partial charge on any atom is 0.305 e. The summed E-state index contributed by atoms with van der Waals surface area (Å²) in [5.74, 6) is -1.38. The van der Waals surface area contributed by atoms with E-state index in [0.717, 1.165) is 0 Å². The number of carbonyl (C=O) groups is 2. The van der Waals surface area contributed by atoms with Gasteiger partial charge in [-0.05, 0) is 6.92 Å². The van der Waals surface area contributed by atoms with Gasteiger partial charge in [-0.25, -0.2) is 0 Å². The number of carbonyl (C=O) groups excluding carboxylic acids is 1. The van der Waals surface area contributed by atoms with Gasteiger partial charge in [-0.3, -0.25) is 9.59 Å². The summed E-state index contributed by atoms with van der Waals surface area (Å²) >= 11 is 0. The second-order valence-electron chi connectivity index (χ2n) is 2.82. The topological polar surface area (TPSA) is 118 Å². The molecule has 0 saturated heterocycles. The van der Waals surface area contributed by atoms with Crippen LogP contribution in [0.3, 0.4) is 0 Å². The minimum Gasteiger partial charge on any atom is -0.481 e. The lowest BCUT2D eigenvalue weighted by atomic mass is 10.1. The molecule has 6 heteroatoms. The van der Waals surface area contributed by atoms with E-state index in [1.807, 2.05) is 0 Å². The van der Waals surface area contributed by atoms with E-state index in [9.17, 15) is 9.59 Å². The zero-order valence-corrected chi connectivity index (χ0v) is 7.49. The van der Waals surface area contributed by atoms with Crippen LogP contribution in [-0.2, 0) is 9.59 Å². The molecule has 0 unspecified atom stereocenters. The van der Waals surface area contributed by atoms with E-state index < -0.39 is 24.0 Å². The molecule has 0 radical (unpaired) electrons. The van der Waals surface area contributed by atoms with E-state index in [0.29, 0.717) is 0 Å². The molecule has 0 aliphatic rings. The molecular formula is C7H15N3O3. The monoisotopic (exact) mass is 189 g/mol. The van der Waals surface area contributed by atoms with Gasteiger partial charge in [-0.2, -0.15) is 0 Å². The molecule has 1 amide bonds. The lowest BCUT2D eigenvalue weighted by Gasteiger charge is -2.14. The number of rotatable bonds is 5. The van der Waals surface area contributed by atoms with Gasteiger partial charge in [0.2, 0.25) is 5.91 Å². The molecule has 0 aliphatic carbocycles. The van der Waals surface area contributed by atoms with E-state index in [2.05, 4.69) is 5.32 Å². The summed E-state index contributed by atoms with van der Waals surface area (Å²) in [5.41, 5.74) is 10.8. The molecule has 2 atom stereocenters. The number of carboxylic acids is 1. The Kier molecular flexibility index (Phi) is 5.01. The first kappa shape index (κ1) is 11.9. The Bertz CT molecular complexity index is 193. The van der Waals surface area contributed by atoms with Gasteiger partial charge in [0.1, 0.15) is 0 Å². The van der Waals surface area contributed by atoms with Crippen molar-refractivity contribution in [1.82, 2.24) is 5.32 Å². The maximum absolute atomic E-state index is 11.1. The molecule has 0 aromatic rings. The summed E-state index contributed by atoms with van der Waals surface area (Å²) in [6.45, 7) is 1.69. The van der Waals surface area contributed by atoms with Crippen molar-refractivity contribution in [2.24, 2.45) is 11.5 Å². The smallest absolute Gasteiger partial charge is 0.305 e. The molecule has 0 spiro atoms. The summed E-state index contributed by atoms with van der Waals surface area (Å²) < 4.78 is 0. The first-order chi connectivity index (χ1) is 5.95. The quantitative estimate of drug-likeness (QED) is 0.409. The van der Waals surface area contributed by atoms with Crippen LogP contribution >= 0.6 is 0 Å². The molecule has 0 rings (SSSR count). The predicted octanol–water partition coefficient (Wildman–Crippen LogP) is -1.75. The van der Waals surface area contributed by atoms with Crippen LogP contribution in [0, 0.1) is 0 Å². The highest BCUT2D eigenvalue weighted by atomic mass is 16.4. The summed E-state index contributed by atoms with van der Waals surface area (Å²) in [7, 11) is 0. The second kappa shape index (κ2) is 5.50. The van der Waals surface area contributed by atoms with Crippen LogP contribution < -0.4 is 16.8 Å². The Balaban J connectivity index is 3.68. The first-order valence-electron chi connectivity index (χ1n) is 3.95. The summed E-state index contributed by atoms with van der Waals surface area (Å²) in [5, 5.41) is 10.6. The number of nitrogens with two attached hydrogens (primary N) is 2. The molecular weight excluding hydrogens is 174 g/mol. The number of aliphatic carboxylic acids is 1. The van der Waals surface area contributed by atoms with Crippen LogP contribution in [0.15, 0.2) is 0 Å². The minimum atomic E-state index is -0.963. The Labute approximate surface area is 76.3 Å². The molecule has 0 saturated carbocycles. The zero-order chi connectivity index (χ0) is 10.4. The van der Waals surface area contributed by atoms with Gasteiger partial charge in [-0.1, -0.05) is 0 Å². The molecule has 0 heterocycles. The van der Waals surface area contributed by atoms with Crippen molar-refractivity contribution in [2.45, 2.75) is 25.4 Å². The fraction of sp³-hybridized carbons (Fsp3) is 0.714. The number of amides is 1. The largest absolute Gasteiger partial charge is 0.481 e. The molecule has 6 N–H and O–H groups in total. The average Bonchev–Trinajstić information content (AvgIpc) is 2.02. The van der Waals surface area contributed by atoms with Crippen molar-refractivity contribution < 1.29 is 14.7 Å². The fourth-order valence-corrected chi connectivity index (χ4v) is 0.649. The van der Waals surface area contributed by atoms with Crippen molar-refractivity contribution in [3.05, 3.63) is 0 Å². The van der Waals surface area contributed by atoms with Crippen LogP contribution in [0.5, 0.6) is 0 Å². The molecule has 0 aromatic heterocycles. The third-order valence-electron chi connectivity index (χ3n) is 1.51. The summed E-state index contributed by atoms with van der Waals surface area (Å²) in [6, 6.07) is -1.22. The van der Waals surface area contributed by atoms with Gasteiger partial charge in [0, 0.05) is 12.6 Å². The van der Waals surface area contributed by atoms with Crippen molar-refractivity contribution in [3.8, 4) is 0 Å². The molecule has 76 valence electrons. The Morgan fingerprint density at radius 2 is 2.00 bits per heavy atom. The molecule has 0 fully saturated rings. The van der Waals surface area contributed by atoms with Crippen LogP contribution in [0.1, 0.15) is 13.3 Å². The second-order valence-corrected chi connectivity index (χ2v) is 2.82. The zero-order valence-electron chi connectivity index (χ0n) is 7.49. The third kappa shape index (κ3) is 5.15. The highest BCUT2D eigenvalue weighted by Crippen LogP contribution is 1.85. The van der Waals surface area contributed by atoms with E-state index in [4.69, 9.17) is 16.6 Å². The molecule has 0 aromatic carbocycles. The number of carboxylic acid groups (broad SMARTS) is 1. The van der Waals surface area contributed by atoms with E-state index in [-0.39, 0.29) is 13.0 Å². The molecule has 13 heavy (non-hydrogen) atoms. The maximum atomic E-state index is 11.1. The van der Waals surface area contributed by atoms with Crippen LogP contribution in [0.25, 0.3) is 0 Å². The van der Waals surface area contributed by atoms with Crippen molar-refractivity contribution >= 4 is 11.9 Å². The van der Waals surface area contributed by atoms with Crippen LogP contribution in [-0.4, -0.2) is 35.6 Å². The minimum absolute atomic E-state index is 0.0780. The van der Waals surface area contributed by atoms with E-state index in [1.54, 1.807) is 6.92 Å². The third-order valence-corrected chi connectivity index (χ3v) is 1.51. The van der Waals surface area contributed by atoms with Gasteiger partial charge in [0.25, 0.3) is 0 Å². The lowest BCUT2D eigenvalue weighted by Crippen LogP contribution is -2.50. The lowest BCUT2D eigenvalue weighted by molar-refractivity contribution is -0.136. The number of hydrogen-bond acceptors (Lipinski definition) is 4. The SMILES string of the molecule is C[C@H](N)[C@H](N)C(=O)NCCC(=O)O. The molecule has 6 nitrogen and oxygen atoms in total. The summed E-state index contributed by atoms with van der Waals surface area (Å²) in [6.07, 6.45) is -0.114. The Morgan fingerprint density at radius 3 is 2.38 bits per heavy atom. The van der Waals surface area contributed by atoms with Gasteiger partial charge in [0.15, 0.2) is 0 Å². The number of nitrogens with one attached hydrogen (secondary N) is 1. The van der Waals surface area contributed by atoms with Gasteiger partial charge >= 0.3 is 5.97 Å².